The van der Waals surface area contributed by atoms with Crippen molar-refractivity contribution >= 4 is 12.0 Å². The summed E-state index contributed by atoms with van der Waals surface area (Å²) >= 11 is 0. The summed E-state index contributed by atoms with van der Waals surface area (Å²) in [7, 11) is 1.73. The van der Waals surface area contributed by atoms with Crippen LogP contribution in [-0.2, 0) is 11.8 Å². The van der Waals surface area contributed by atoms with Crippen molar-refractivity contribution in [2.45, 2.75) is 6.18 Å². The first-order valence-corrected chi connectivity index (χ1v) is 6.50. The molecule has 0 N–H and O–H groups in total. The van der Waals surface area contributed by atoms with Crippen molar-refractivity contribution in [3.63, 3.8) is 0 Å². The lowest BCUT2D eigenvalue weighted by atomic mass is 10.3. The minimum atomic E-state index is -4.47. The quantitative estimate of drug-likeness (QED) is 0.481. The summed E-state index contributed by atoms with van der Waals surface area (Å²) in [6.07, 6.45) is 1.39. The van der Waals surface area contributed by atoms with Crippen molar-refractivity contribution in [1.29, 1.82) is 0 Å². The van der Waals surface area contributed by atoms with E-state index in [4.69, 9.17) is 4.74 Å². The molecule has 0 unspecified atom stereocenters. The van der Waals surface area contributed by atoms with Crippen molar-refractivity contribution in [2.75, 3.05) is 6.61 Å². The van der Waals surface area contributed by atoms with Gasteiger partial charge in [-0.3, -0.25) is 4.68 Å². The number of benzene rings is 1. The van der Waals surface area contributed by atoms with Crippen molar-refractivity contribution in [2.24, 2.45) is 7.05 Å². The van der Waals surface area contributed by atoms with Crippen LogP contribution in [-0.4, -0.2) is 28.5 Å². The number of aromatic nitrogens is 2. The zero-order valence-electron chi connectivity index (χ0n) is 12.1. The molecule has 0 saturated heterocycles. The van der Waals surface area contributed by atoms with E-state index in [0.29, 0.717) is 5.56 Å². The summed E-state index contributed by atoms with van der Waals surface area (Å²) in [6.45, 7) is -1.47. The number of ether oxygens (including phenoxy) is 2. The SMILES string of the molecule is Cn1cc(/C=C\C(=O)Oc2ccccc2OCC(F)(F)F)cn1. The van der Waals surface area contributed by atoms with E-state index >= 15 is 0 Å². The molecule has 0 spiro atoms. The average molecular weight is 326 g/mol. The van der Waals surface area contributed by atoms with Crippen LogP contribution in [0.3, 0.4) is 0 Å². The lowest BCUT2D eigenvalue weighted by Gasteiger charge is -2.12. The van der Waals surface area contributed by atoms with Crippen LogP contribution in [0.2, 0.25) is 0 Å². The Bertz CT molecular complexity index is 708. The Morgan fingerprint density at radius 2 is 2.00 bits per heavy atom. The normalized spacial score (nSPS) is 11.7. The average Bonchev–Trinajstić information content (AvgIpc) is 2.89. The summed E-state index contributed by atoms with van der Waals surface area (Å²) in [5.41, 5.74) is 0.686. The number of rotatable bonds is 5. The first-order chi connectivity index (χ1) is 10.8. The molecule has 0 fully saturated rings. The number of halogens is 3. The van der Waals surface area contributed by atoms with Crippen LogP contribution in [0.15, 0.2) is 42.7 Å². The molecule has 0 aliphatic rings. The zero-order chi connectivity index (χ0) is 16.9. The van der Waals surface area contributed by atoms with E-state index in [1.54, 1.807) is 24.1 Å². The van der Waals surface area contributed by atoms with Crippen LogP contribution in [0.4, 0.5) is 13.2 Å². The highest BCUT2D eigenvalue weighted by Crippen LogP contribution is 2.28. The number of para-hydroxylation sites is 2. The van der Waals surface area contributed by atoms with Gasteiger partial charge in [-0.1, -0.05) is 12.1 Å². The number of aryl methyl sites for hydroxylation is 1. The molecule has 0 radical (unpaired) electrons. The second-order valence-electron chi connectivity index (χ2n) is 4.55. The van der Waals surface area contributed by atoms with E-state index in [1.807, 2.05) is 0 Å². The van der Waals surface area contributed by atoms with E-state index < -0.39 is 18.8 Å². The third-order valence-electron chi connectivity index (χ3n) is 2.59. The van der Waals surface area contributed by atoms with Gasteiger partial charge in [-0.15, -0.1) is 0 Å². The second-order valence-corrected chi connectivity index (χ2v) is 4.55. The van der Waals surface area contributed by atoms with Gasteiger partial charge in [0.1, 0.15) is 0 Å². The first kappa shape index (κ1) is 16.6. The third-order valence-corrected chi connectivity index (χ3v) is 2.59. The van der Waals surface area contributed by atoms with Crippen LogP contribution >= 0.6 is 0 Å². The molecule has 1 aromatic carbocycles. The predicted molar refractivity (Wildman–Crippen MR) is 75.9 cm³/mol. The van der Waals surface area contributed by atoms with Gasteiger partial charge in [0.25, 0.3) is 0 Å². The Kier molecular flexibility index (Phi) is 5.05. The summed E-state index contributed by atoms with van der Waals surface area (Å²) in [5, 5.41) is 3.93. The molecule has 0 saturated carbocycles. The summed E-state index contributed by atoms with van der Waals surface area (Å²) in [5.74, 6) is -0.984. The minimum absolute atomic E-state index is 0.0856. The summed E-state index contributed by atoms with van der Waals surface area (Å²) in [6, 6.07) is 5.64. The summed E-state index contributed by atoms with van der Waals surface area (Å²) in [4.78, 5) is 11.7. The van der Waals surface area contributed by atoms with E-state index in [1.165, 1.54) is 30.3 Å². The van der Waals surface area contributed by atoms with Crippen LogP contribution in [0.1, 0.15) is 5.56 Å². The maximum Gasteiger partial charge on any atom is 0.422 e. The van der Waals surface area contributed by atoms with Gasteiger partial charge in [-0.2, -0.15) is 18.3 Å². The monoisotopic (exact) mass is 326 g/mol. The van der Waals surface area contributed by atoms with Gasteiger partial charge < -0.3 is 9.47 Å². The van der Waals surface area contributed by atoms with Gasteiger partial charge >= 0.3 is 12.1 Å². The van der Waals surface area contributed by atoms with Crippen LogP contribution in [0, 0.1) is 0 Å². The standard InChI is InChI=1S/C15H13F3N2O3/c1-20-9-11(8-19-20)6-7-14(21)23-13-5-3-2-4-12(13)22-10-15(16,17)18/h2-9H,10H2,1H3/b7-6-. The van der Waals surface area contributed by atoms with Crippen molar-refractivity contribution in [3.05, 3.63) is 48.3 Å². The van der Waals surface area contributed by atoms with Gasteiger partial charge in [-0.05, 0) is 18.2 Å². The van der Waals surface area contributed by atoms with E-state index in [2.05, 4.69) is 9.84 Å². The molecule has 23 heavy (non-hydrogen) atoms. The molecule has 0 atom stereocenters. The molecule has 2 aromatic rings. The molecule has 122 valence electrons. The number of carbonyl (C=O) groups excluding carboxylic acids is 1. The topological polar surface area (TPSA) is 53.4 Å². The van der Waals surface area contributed by atoms with E-state index in [-0.39, 0.29) is 11.5 Å². The van der Waals surface area contributed by atoms with Gasteiger partial charge in [0, 0.05) is 24.9 Å². The smallest absolute Gasteiger partial charge is 0.422 e. The number of nitrogens with zero attached hydrogens (tertiary/aromatic N) is 2. The number of hydrogen-bond acceptors (Lipinski definition) is 4. The number of carbonyl (C=O) groups is 1. The molecule has 0 aliphatic heterocycles. The Morgan fingerprint density at radius 3 is 2.61 bits per heavy atom. The number of hydrogen-bond donors (Lipinski definition) is 0. The molecule has 2 rings (SSSR count). The number of alkyl halides is 3. The number of esters is 1. The second kappa shape index (κ2) is 6.99. The molecule has 1 heterocycles. The lowest BCUT2D eigenvalue weighted by molar-refractivity contribution is -0.153. The fourth-order valence-corrected chi connectivity index (χ4v) is 1.65. The Balaban J connectivity index is 2.01. The van der Waals surface area contributed by atoms with Crippen molar-refractivity contribution in [1.82, 2.24) is 9.78 Å². The molecular weight excluding hydrogens is 313 g/mol. The minimum Gasteiger partial charge on any atom is -0.480 e. The third kappa shape index (κ3) is 5.50. The van der Waals surface area contributed by atoms with Crippen LogP contribution in [0.5, 0.6) is 11.5 Å². The molecule has 8 heteroatoms. The molecule has 0 bridgehead atoms. The Labute approximate surface area is 129 Å². The Morgan fingerprint density at radius 1 is 1.30 bits per heavy atom. The first-order valence-electron chi connectivity index (χ1n) is 6.50. The van der Waals surface area contributed by atoms with Crippen molar-refractivity contribution < 1.29 is 27.4 Å². The Hall–Kier alpha value is -2.77. The zero-order valence-corrected chi connectivity index (χ0v) is 12.1. The molecule has 1 aromatic heterocycles. The highest BCUT2D eigenvalue weighted by Gasteiger charge is 2.29. The largest absolute Gasteiger partial charge is 0.480 e. The van der Waals surface area contributed by atoms with Gasteiger partial charge in [0.15, 0.2) is 18.1 Å². The fraction of sp³-hybridized carbons (Fsp3) is 0.200. The van der Waals surface area contributed by atoms with Gasteiger partial charge in [0.05, 0.1) is 6.20 Å². The predicted octanol–water partition coefficient (Wildman–Crippen LogP) is 2.98. The maximum atomic E-state index is 12.2. The summed E-state index contributed by atoms with van der Waals surface area (Å²) < 4.78 is 47.8. The lowest BCUT2D eigenvalue weighted by Crippen LogP contribution is -2.19. The van der Waals surface area contributed by atoms with Gasteiger partial charge in [0.2, 0.25) is 0 Å². The molecule has 5 nitrogen and oxygen atoms in total. The van der Waals surface area contributed by atoms with Crippen LogP contribution < -0.4 is 9.47 Å². The van der Waals surface area contributed by atoms with Gasteiger partial charge in [-0.25, -0.2) is 4.79 Å². The fourth-order valence-electron chi connectivity index (χ4n) is 1.65. The highest BCUT2D eigenvalue weighted by molar-refractivity contribution is 5.88. The van der Waals surface area contributed by atoms with Crippen LogP contribution in [0.25, 0.3) is 6.08 Å². The molecule has 0 amide bonds. The maximum absolute atomic E-state index is 12.2. The van der Waals surface area contributed by atoms with E-state index in [0.717, 1.165) is 6.08 Å². The van der Waals surface area contributed by atoms with Crippen molar-refractivity contribution in [3.8, 4) is 11.5 Å². The highest BCUT2D eigenvalue weighted by atomic mass is 19.4. The molecule has 0 aliphatic carbocycles. The molecular formula is C15H13F3N2O3. The van der Waals surface area contributed by atoms with E-state index in [9.17, 15) is 18.0 Å².